The fraction of sp³-hybridized carbons (Fsp3) is 0.375. The van der Waals surface area contributed by atoms with Gasteiger partial charge in [-0.3, -0.25) is 4.79 Å². The first-order valence-electron chi connectivity index (χ1n) is 7.03. The van der Waals surface area contributed by atoms with Gasteiger partial charge in [-0.05, 0) is 17.7 Å². The SMILES string of the molecule is C=CCN(C)C(=O)N1C[C@H](C(=O)O)[C@@H](c2ccc(Cl)cc2)C1. The van der Waals surface area contributed by atoms with Gasteiger partial charge in [0.2, 0.25) is 0 Å². The van der Waals surface area contributed by atoms with E-state index in [0.29, 0.717) is 18.1 Å². The number of carboxylic acid groups (broad SMARTS) is 1. The molecule has 0 radical (unpaired) electrons. The Bertz CT molecular complexity index is 573. The summed E-state index contributed by atoms with van der Waals surface area (Å²) >= 11 is 5.88. The molecule has 0 aromatic heterocycles. The molecule has 0 saturated carbocycles. The van der Waals surface area contributed by atoms with Crippen molar-refractivity contribution in [3.05, 3.63) is 47.5 Å². The molecular formula is C16H19ClN2O3. The van der Waals surface area contributed by atoms with Crippen LogP contribution in [0.5, 0.6) is 0 Å². The highest BCUT2D eigenvalue weighted by molar-refractivity contribution is 6.30. The molecule has 0 spiro atoms. The summed E-state index contributed by atoms with van der Waals surface area (Å²) in [4.78, 5) is 27.0. The first-order chi connectivity index (χ1) is 10.4. The molecule has 0 bridgehead atoms. The van der Waals surface area contributed by atoms with E-state index >= 15 is 0 Å². The summed E-state index contributed by atoms with van der Waals surface area (Å²) in [6.07, 6.45) is 1.64. The zero-order chi connectivity index (χ0) is 16.3. The van der Waals surface area contributed by atoms with Crippen LogP contribution in [0.25, 0.3) is 0 Å². The number of hydrogen-bond donors (Lipinski definition) is 1. The van der Waals surface area contributed by atoms with E-state index in [1.807, 2.05) is 12.1 Å². The zero-order valence-corrected chi connectivity index (χ0v) is 13.2. The second-order valence-corrected chi connectivity index (χ2v) is 5.90. The van der Waals surface area contributed by atoms with Crippen LogP contribution in [0.2, 0.25) is 5.02 Å². The standard InChI is InChI=1S/C16H19ClN2O3/c1-3-8-18(2)16(22)19-9-13(14(10-19)15(20)21)11-4-6-12(17)7-5-11/h3-7,13-14H,1,8-10H2,2H3,(H,20,21)/t13-,14+/m1/s1. The molecule has 22 heavy (non-hydrogen) atoms. The maximum absolute atomic E-state index is 12.3. The number of rotatable bonds is 4. The molecule has 1 N–H and O–H groups in total. The fourth-order valence-electron chi connectivity index (χ4n) is 2.77. The Hall–Kier alpha value is -2.01. The average Bonchev–Trinajstić information content (AvgIpc) is 2.93. The molecule has 1 aromatic carbocycles. The minimum atomic E-state index is -0.887. The molecule has 1 aromatic rings. The first-order valence-corrected chi connectivity index (χ1v) is 7.41. The summed E-state index contributed by atoms with van der Waals surface area (Å²) in [5.74, 6) is -1.72. The Morgan fingerprint density at radius 2 is 2.05 bits per heavy atom. The molecule has 6 heteroatoms. The summed E-state index contributed by atoms with van der Waals surface area (Å²) in [7, 11) is 1.68. The Balaban J connectivity index is 2.19. The summed E-state index contributed by atoms with van der Waals surface area (Å²) in [5, 5.41) is 10.1. The van der Waals surface area contributed by atoms with E-state index in [0.717, 1.165) is 5.56 Å². The van der Waals surface area contributed by atoms with Gasteiger partial charge in [-0.1, -0.05) is 29.8 Å². The second kappa shape index (κ2) is 6.83. The van der Waals surface area contributed by atoms with Crippen molar-refractivity contribution in [3.63, 3.8) is 0 Å². The molecular weight excluding hydrogens is 304 g/mol. The van der Waals surface area contributed by atoms with Gasteiger partial charge in [0.1, 0.15) is 0 Å². The lowest BCUT2D eigenvalue weighted by molar-refractivity contribution is -0.141. The maximum Gasteiger partial charge on any atom is 0.320 e. The number of nitrogens with zero attached hydrogens (tertiary/aromatic N) is 2. The van der Waals surface area contributed by atoms with Crippen molar-refractivity contribution < 1.29 is 14.7 Å². The molecule has 1 saturated heterocycles. The largest absolute Gasteiger partial charge is 0.481 e. The fourth-order valence-corrected chi connectivity index (χ4v) is 2.90. The van der Waals surface area contributed by atoms with Gasteiger partial charge in [-0.2, -0.15) is 0 Å². The van der Waals surface area contributed by atoms with Crippen molar-refractivity contribution >= 4 is 23.6 Å². The molecule has 1 aliphatic rings. The average molecular weight is 323 g/mol. The van der Waals surface area contributed by atoms with Crippen molar-refractivity contribution in [1.82, 2.24) is 9.80 Å². The number of hydrogen-bond acceptors (Lipinski definition) is 2. The van der Waals surface area contributed by atoms with Crippen molar-refractivity contribution in [3.8, 4) is 0 Å². The highest BCUT2D eigenvalue weighted by Crippen LogP contribution is 2.33. The van der Waals surface area contributed by atoms with Crippen molar-refractivity contribution in [2.45, 2.75) is 5.92 Å². The van der Waals surface area contributed by atoms with Gasteiger partial charge >= 0.3 is 12.0 Å². The summed E-state index contributed by atoms with van der Waals surface area (Å²) < 4.78 is 0. The van der Waals surface area contributed by atoms with Crippen LogP contribution < -0.4 is 0 Å². The first kappa shape index (κ1) is 16.4. The number of likely N-dealkylation sites (tertiary alicyclic amines) is 1. The van der Waals surface area contributed by atoms with Crippen LogP contribution in [0.3, 0.4) is 0 Å². The van der Waals surface area contributed by atoms with E-state index in [-0.39, 0.29) is 18.5 Å². The molecule has 2 atom stereocenters. The van der Waals surface area contributed by atoms with Crippen molar-refractivity contribution in [1.29, 1.82) is 0 Å². The van der Waals surface area contributed by atoms with E-state index in [2.05, 4.69) is 6.58 Å². The van der Waals surface area contributed by atoms with E-state index in [1.54, 1.807) is 30.2 Å². The number of urea groups is 1. The number of carbonyl (C=O) groups excluding carboxylic acids is 1. The van der Waals surface area contributed by atoms with Gasteiger partial charge in [-0.15, -0.1) is 6.58 Å². The Morgan fingerprint density at radius 3 is 2.59 bits per heavy atom. The number of carbonyl (C=O) groups is 2. The second-order valence-electron chi connectivity index (χ2n) is 5.46. The van der Waals surface area contributed by atoms with Gasteiger partial charge in [0, 0.05) is 37.6 Å². The van der Waals surface area contributed by atoms with Gasteiger partial charge in [0.25, 0.3) is 0 Å². The van der Waals surface area contributed by atoms with E-state index < -0.39 is 11.9 Å². The third-order valence-corrected chi connectivity index (χ3v) is 4.19. The quantitative estimate of drug-likeness (QED) is 0.867. The van der Waals surface area contributed by atoms with E-state index in [4.69, 9.17) is 11.6 Å². The molecule has 2 amide bonds. The van der Waals surface area contributed by atoms with Crippen molar-refractivity contribution in [2.24, 2.45) is 5.92 Å². The highest BCUT2D eigenvalue weighted by Gasteiger charge is 2.41. The van der Waals surface area contributed by atoms with Crippen LogP contribution in [0, 0.1) is 5.92 Å². The number of carboxylic acids is 1. The Morgan fingerprint density at radius 1 is 1.41 bits per heavy atom. The molecule has 2 rings (SSSR count). The van der Waals surface area contributed by atoms with Gasteiger partial charge in [0.05, 0.1) is 5.92 Å². The molecule has 0 aliphatic carbocycles. The minimum absolute atomic E-state index is 0.178. The van der Waals surface area contributed by atoms with Gasteiger partial charge in [-0.25, -0.2) is 4.79 Å². The zero-order valence-electron chi connectivity index (χ0n) is 12.4. The van der Waals surface area contributed by atoms with E-state index in [9.17, 15) is 14.7 Å². The smallest absolute Gasteiger partial charge is 0.320 e. The number of aliphatic carboxylic acids is 1. The number of likely N-dealkylation sites (N-methyl/N-ethyl adjacent to an activating group) is 1. The lowest BCUT2D eigenvalue weighted by atomic mass is 9.89. The molecule has 1 fully saturated rings. The van der Waals surface area contributed by atoms with Gasteiger partial charge in [0.15, 0.2) is 0 Å². The Kier molecular flexibility index (Phi) is 5.08. The predicted molar refractivity (Wildman–Crippen MR) is 85.1 cm³/mol. The van der Waals surface area contributed by atoms with Crippen LogP contribution in [-0.4, -0.2) is 53.6 Å². The summed E-state index contributed by atoms with van der Waals surface area (Å²) in [5.41, 5.74) is 0.887. The third kappa shape index (κ3) is 3.42. The number of halogens is 1. The van der Waals surface area contributed by atoms with Crippen LogP contribution in [-0.2, 0) is 4.79 Å². The predicted octanol–water partition coefficient (Wildman–Crippen LogP) is 2.68. The topological polar surface area (TPSA) is 60.9 Å². The normalized spacial score (nSPS) is 20.7. The lowest BCUT2D eigenvalue weighted by Crippen LogP contribution is -2.40. The molecule has 0 unspecified atom stereocenters. The number of benzene rings is 1. The minimum Gasteiger partial charge on any atom is -0.481 e. The highest BCUT2D eigenvalue weighted by atomic mass is 35.5. The summed E-state index contributed by atoms with van der Waals surface area (Å²) in [6.45, 7) is 4.63. The molecule has 1 aliphatic heterocycles. The van der Waals surface area contributed by atoms with Crippen LogP contribution in [0.1, 0.15) is 11.5 Å². The Labute approximate surface area is 134 Å². The lowest BCUT2D eigenvalue weighted by Gasteiger charge is -2.23. The molecule has 5 nitrogen and oxygen atoms in total. The monoisotopic (exact) mass is 322 g/mol. The van der Waals surface area contributed by atoms with Crippen molar-refractivity contribution in [2.75, 3.05) is 26.7 Å². The van der Waals surface area contributed by atoms with Crippen LogP contribution >= 0.6 is 11.6 Å². The third-order valence-electron chi connectivity index (χ3n) is 3.94. The van der Waals surface area contributed by atoms with E-state index in [1.165, 1.54) is 4.90 Å². The molecule has 1 heterocycles. The number of amides is 2. The maximum atomic E-state index is 12.3. The van der Waals surface area contributed by atoms with Gasteiger partial charge < -0.3 is 14.9 Å². The summed E-state index contributed by atoms with van der Waals surface area (Å²) in [6, 6.07) is 6.95. The van der Waals surface area contributed by atoms with Crippen LogP contribution in [0.15, 0.2) is 36.9 Å². The van der Waals surface area contributed by atoms with Crippen LogP contribution in [0.4, 0.5) is 4.79 Å². The molecule has 118 valence electrons.